The van der Waals surface area contributed by atoms with E-state index in [2.05, 4.69) is 10.2 Å². The van der Waals surface area contributed by atoms with Crippen molar-refractivity contribution in [1.82, 2.24) is 10.2 Å². The number of hydrogen-bond donors (Lipinski definition) is 1. The molecule has 3 atom stereocenters. The first kappa shape index (κ1) is 16.6. The number of hydrogen-bond acceptors (Lipinski definition) is 4. The van der Waals surface area contributed by atoms with E-state index in [4.69, 9.17) is 21.1 Å². The van der Waals surface area contributed by atoms with Crippen molar-refractivity contribution < 1.29 is 18.7 Å². The van der Waals surface area contributed by atoms with Crippen LogP contribution in [-0.2, 0) is 14.3 Å². The molecule has 3 rings (SSSR count). The van der Waals surface area contributed by atoms with Crippen LogP contribution in [0.1, 0.15) is 18.1 Å². The van der Waals surface area contributed by atoms with Gasteiger partial charge in [-0.15, -0.1) is 0 Å². The van der Waals surface area contributed by atoms with Crippen molar-refractivity contribution >= 4 is 17.5 Å². The second-order valence-electron chi connectivity index (χ2n) is 5.99. The summed E-state index contributed by atoms with van der Waals surface area (Å²) in [7, 11) is 1.96. The van der Waals surface area contributed by atoms with Crippen LogP contribution in [0.4, 0.5) is 4.39 Å². The molecule has 2 aliphatic rings. The fourth-order valence-electron chi connectivity index (χ4n) is 2.97. The van der Waals surface area contributed by atoms with E-state index in [1.165, 1.54) is 12.1 Å². The maximum Gasteiger partial charge on any atom is 0.250 e. The Hall–Kier alpha value is -1.21. The van der Waals surface area contributed by atoms with Crippen molar-refractivity contribution in [3.05, 3.63) is 34.6 Å². The Labute approximate surface area is 139 Å². The number of ether oxygens (including phenoxy) is 2. The van der Waals surface area contributed by atoms with Gasteiger partial charge < -0.3 is 19.7 Å². The lowest BCUT2D eigenvalue weighted by molar-refractivity contribution is -0.139. The summed E-state index contributed by atoms with van der Waals surface area (Å²) in [6.07, 6.45) is -0.160. The van der Waals surface area contributed by atoms with Gasteiger partial charge in [0.2, 0.25) is 0 Å². The molecular weight excluding hydrogens is 323 g/mol. The number of benzene rings is 1. The van der Waals surface area contributed by atoms with Gasteiger partial charge in [-0.1, -0.05) is 17.7 Å². The van der Waals surface area contributed by atoms with Gasteiger partial charge in [0.15, 0.2) is 0 Å². The maximum absolute atomic E-state index is 13.7. The second-order valence-corrected chi connectivity index (χ2v) is 6.40. The van der Waals surface area contributed by atoms with Crippen molar-refractivity contribution in [2.24, 2.45) is 0 Å². The molecule has 7 heteroatoms. The molecule has 2 saturated heterocycles. The smallest absolute Gasteiger partial charge is 0.250 e. The molecule has 0 aromatic heterocycles. The van der Waals surface area contributed by atoms with Gasteiger partial charge in [0.1, 0.15) is 18.0 Å². The summed E-state index contributed by atoms with van der Waals surface area (Å²) >= 11 is 5.72. The Morgan fingerprint density at radius 1 is 1.39 bits per heavy atom. The van der Waals surface area contributed by atoms with Gasteiger partial charge in [0.05, 0.1) is 17.7 Å². The summed E-state index contributed by atoms with van der Waals surface area (Å²) in [6, 6.07) is 4.40. The van der Waals surface area contributed by atoms with E-state index in [9.17, 15) is 9.18 Å². The Kier molecular flexibility index (Phi) is 5.16. The van der Waals surface area contributed by atoms with E-state index in [0.717, 1.165) is 6.54 Å². The Morgan fingerprint density at radius 3 is 2.96 bits per heavy atom. The number of carbonyl (C=O) groups excluding carboxylic acids is 1. The van der Waals surface area contributed by atoms with Crippen LogP contribution < -0.4 is 5.32 Å². The monoisotopic (exact) mass is 342 g/mol. The van der Waals surface area contributed by atoms with Crippen LogP contribution in [-0.4, -0.2) is 56.3 Å². The quantitative estimate of drug-likeness (QED) is 0.909. The molecule has 1 aromatic carbocycles. The minimum atomic E-state index is -0.484. The molecule has 0 unspecified atom stereocenters. The summed E-state index contributed by atoms with van der Waals surface area (Å²) in [5.41, 5.74) is 0.677. The molecule has 2 aliphatic heterocycles. The summed E-state index contributed by atoms with van der Waals surface area (Å²) in [6.45, 7) is 2.45. The molecule has 2 heterocycles. The van der Waals surface area contributed by atoms with E-state index in [0.29, 0.717) is 31.7 Å². The van der Waals surface area contributed by atoms with Crippen molar-refractivity contribution in [2.45, 2.75) is 24.7 Å². The van der Waals surface area contributed by atoms with Gasteiger partial charge in [-0.2, -0.15) is 0 Å². The molecule has 1 N–H and O–H groups in total. The molecule has 0 saturated carbocycles. The molecule has 2 fully saturated rings. The molecule has 1 amide bonds. The number of rotatable bonds is 3. The van der Waals surface area contributed by atoms with Crippen molar-refractivity contribution in [3.8, 4) is 0 Å². The zero-order valence-electron chi connectivity index (χ0n) is 12.9. The van der Waals surface area contributed by atoms with Crippen LogP contribution in [0.3, 0.4) is 0 Å². The predicted octanol–water partition coefficient (Wildman–Crippen LogP) is 1.76. The average molecular weight is 343 g/mol. The highest BCUT2D eigenvalue weighted by Crippen LogP contribution is 2.31. The summed E-state index contributed by atoms with van der Waals surface area (Å²) in [5.74, 6) is -0.631. The van der Waals surface area contributed by atoms with E-state index in [1.54, 1.807) is 6.07 Å². The van der Waals surface area contributed by atoms with Gasteiger partial charge in [-0.25, -0.2) is 4.39 Å². The number of nitrogens with zero attached hydrogens (tertiary/aromatic N) is 1. The van der Waals surface area contributed by atoms with Gasteiger partial charge in [-0.3, -0.25) is 4.79 Å². The molecule has 1 aromatic rings. The first-order chi connectivity index (χ1) is 11.0. The highest BCUT2D eigenvalue weighted by atomic mass is 35.5. The molecule has 0 bridgehead atoms. The molecule has 0 spiro atoms. The number of carbonyl (C=O) groups is 1. The van der Waals surface area contributed by atoms with E-state index in [-0.39, 0.29) is 23.1 Å². The number of morpholine rings is 1. The van der Waals surface area contributed by atoms with Crippen LogP contribution in [0.25, 0.3) is 0 Å². The lowest BCUT2D eigenvalue weighted by Crippen LogP contribution is -2.51. The van der Waals surface area contributed by atoms with Crippen LogP contribution >= 0.6 is 11.6 Å². The lowest BCUT2D eigenvalue weighted by Gasteiger charge is -2.30. The molecule has 0 aliphatic carbocycles. The fraction of sp³-hybridized carbons (Fsp3) is 0.562. The topological polar surface area (TPSA) is 50.8 Å². The minimum absolute atomic E-state index is 0.0750. The third kappa shape index (κ3) is 3.83. The number of likely N-dealkylation sites (N-methyl/N-ethyl adjacent to an activating group) is 1. The fourth-order valence-corrected chi connectivity index (χ4v) is 3.08. The van der Waals surface area contributed by atoms with Gasteiger partial charge in [-0.05, 0) is 31.2 Å². The van der Waals surface area contributed by atoms with Crippen LogP contribution in [0.5, 0.6) is 0 Å². The third-order valence-electron chi connectivity index (χ3n) is 4.25. The van der Waals surface area contributed by atoms with Gasteiger partial charge in [0.25, 0.3) is 5.91 Å². The van der Waals surface area contributed by atoms with E-state index in [1.807, 2.05) is 7.05 Å². The Bertz CT molecular complexity index is 586. The van der Waals surface area contributed by atoms with Crippen molar-refractivity contribution in [2.75, 3.05) is 33.4 Å². The van der Waals surface area contributed by atoms with E-state index < -0.39 is 11.9 Å². The zero-order valence-corrected chi connectivity index (χ0v) is 13.7. The summed E-state index contributed by atoms with van der Waals surface area (Å²) in [4.78, 5) is 14.4. The van der Waals surface area contributed by atoms with Gasteiger partial charge in [0, 0.05) is 19.7 Å². The predicted molar refractivity (Wildman–Crippen MR) is 83.9 cm³/mol. The normalized spacial score (nSPS) is 28.7. The lowest BCUT2D eigenvalue weighted by atomic mass is 10.0. The molecule has 5 nitrogen and oxygen atoms in total. The molecule has 126 valence electrons. The average Bonchev–Trinajstić information content (AvgIpc) is 2.98. The van der Waals surface area contributed by atoms with Crippen LogP contribution in [0, 0.1) is 5.82 Å². The molecule has 0 radical (unpaired) electrons. The number of nitrogens with one attached hydrogen (secondary N) is 1. The first-order valence-electron chi connectivity index (χ1n) is 7.71. The van der Waals surface area contributed by atoms with Gasteiger partial charge >= 0.3 is 0 Å². The molecule has 23 heavy (non-hydrogen) atoms. The maximum atomic E-state index is 13.7. The largest absolute Gasteiger partial charge is 0.371 e. The minimum Gasteiger partial charge on any atom is -0.371 e. The Balaban J connectivity index is 1.66. The zero-order chi connectivity index (χ0) is 16.4. The Morgan fingerprint density at radius 2 is 2.22 bits per heavy atom. The summed E-state index contributed by atoms with van der Waals surface area (Å²) < 4.78 is 24.9. The van der Waals surface area contributed by atoms with Crippen molar-refractivity contribution in [3.63, 3.8) is 0 Å². The third-order valence-corrected chi connectivity index (χ3v) is 4.56. The van der Waals surface area contributed by atoms with Crippen LogP contribution in [0.2, 0.25) is 5.02 Å². The first-order valence-corrected chi connectivity index (χ1v) is 8.09. The second kappa shape index (κ2) is 7.13. The van der Waals surface area contributed by atoms with Crippen LogP contribution in [0.15, 0.2) is 18.2 Å². The van der Waals surface area contributed by atoms with Crippen molar-refractivity contribution in [1.29, 1.82) is 0 Å². The molecular formula is C16H20ClFN2O3. The van der Waals surface area contributed by atoms with E-state index >= 15 is 0 Å². The summed E-state index contributed by atoms with van der Waals surface area (Å²) in [5, 5.41) is 3.06. The standard InChI is InChI=1S/C16H20ClFN2O3/c1-20-5-7-22-14(9-20)16(21)19-13-4-6-23-15(13)10-2-3-11(17)12(18)8-10/h2-3,8,13-15H,4-7,9H2,1H3,(H,19,21)/t13-,14+,15-/m1/s1. The SMILES string of the molecule is CN1CCO[C@H](C(=O)N[C@@H]2CCO[C@@H]2c2ccc(Cl)c(F)c2)C1. The number of amides is 1. The highest BCUT2D eigenvalue weighted by molar-refractivity contribution is 6.30. The number of halogens is 2. The highest BCUT2D eigenvalue weighted by Gasteiger charge is 2.34.